The molecule has 0 radical (unpaired) electrons. The summed E-state index contributed by atoms with van der Waals surface area (Å²) in [5, 5.41) is 31.2. The number of hydroxylamine groups is 2. The summed E-state index contributed by atoms with van der Waals surface area (Å²) in [6, 6.07) is 15.0. The van der Waals surface area contributed by atoms with E-state index in [4.69, 9.17) is 10.6 Å². The lowest BCUT2D eigenvalue weighted by Gasteiger charge is -2.27. The summed E-state index contributed by atoms with van der Waals surface area (Å²) in [5.74, 6) is -1.24. The van der Waals surface area contributed by atoms with Crippen LogP contribution >= 0.6 is 0 Å². The number of aromatic carboxylic acids is 1. The van der Waals surface area contributed by atoms with Crippen molar-refractivity contribution < 1.29 is 25.0 Å². The number of carboxylic acid groups (broad SMARTS) is 1. The molecule has 1 aliphatic rings. The lowest BCUT2D eigenvalue weighted by molar-refractivity contribution is -0.173. The summed E-state index contributed by atoms with van der Waals surface area (Å²) >= 11 is 0. The maximum absolute atomic E-state index is 11.8. The van der Waals surface area contributed by atoms with Crippen LogP contribution in [-0.2, 0) is 24.5 Å². The zero-order valence-electron chi connectivity index (χ0n) is 22.7. The quantitative estimate of drug-likeness (QED) is 0.294. The van der Waals surface area contributed by atoms with E-state index in [0.717, 1.165) is 36.2 Å². The summed E-state index contributed by atoms with van der Waals surface area (Å²) in [7, 11) is 4.04. The third-order valence-corrected chi connectivity index (χ3v) is 6.88. The fourth-order valence-electron chi connectivity index (χ4n) is 4.95. The standard InChI is InChI=1S/C29H42N4O5/c1-4-8-26(30)28-25(19-34)27(20-35)38-33(28)17-22-10-7-9-21(15-22)16-32(14-13-31(2)3)18-23-11-5-6-12-24(23)29(36)37/h5-12,15,25,27-28,34-35H,4,13-14,16-20,30H2,1-3H3,(H,36,37)/b26-8-. The molecular formula is C29H42N4O5. The van der Waals surface area contributed by atoms with E-state index in [1.54, 1.807) is 17.2 Å². The lowest BCUT2D eigenvalue weighted by Crippen LogP contribution is -2.38. The second kappa shape index (κ2) is 14.4. The van der Waals surface area contributed by atoms with E-state index in [1.165, 1.54) is 0 Å². The van der Waals surface area contributed by atoms with Crippen LogP contribution in [0.2, 0.25) is 0 Å². The van der Waals surface area contributed by atoms with Gasteiger partial charge in [-0.2, -0.15) is 5.06 Å². The summed E-state index contributed by atoms with van der Waals surface area (Å²) in [6.45, 7) is 4.90. The van der Waals surface area contributed by atoms with Gasteiger partial charge in [-0.15, -0.1) is 0 Å². The molecule has 3 atom stereocenters. The predicted octanol–water partition coefficient (Wildman–Crippen LogP) is 2.29. The molecule has 1 heterocycles. The molecule has 1 fully saturated rings. The first-order chi connectivity index (χ1) is 18.3. The highest BCUT2D eigenvalue weighted by molar-refractivity contribution is 5.89. The molecule has 1 aliphatic heterocycles. The minimum absolute atomic E-state index is 0.136. The molecule has 2 aromatic carbocycles. The lowest BCUT2D eigenvalue weighted by atomic mass is 9.93. The van der Waals surface area contributed by atoms with Crippen molar-refractivity contribution >= 4 is 5.97 Å². The zero-order valence-corrected chi connectivity index (χ0v) is 22.7. The third kappa shape index (κ3) is 7.86. The first-order valence-electron chi connectivity index (χ1n) is 13.1. The van der Waals surface area contributed by atoms with Crippen LogP contribution in [0.4, 0.5) is 0 Å². The van der Waals surface area contributed by atoms with E-state index < -0.39 is 12.1 Å². The van der Waals surface area contributed by atoms with Crippen molar-refractivity contribution in [2.75, 3.05) is 40.4 Å². The molecule has 9 heteroatoms. The highest BCUT2D eigenvalue weighted by Gasteiger charge is 2.43. The number of allylic oxidation sites excluding steroid dienone is 1. The topological polar surface area (TPSA) is 123 Å². The SMILES string of the molecule is CC/C=C(\N)C1C(CO)C(CO)ON1Cc1cccc(CN(CCN(C)C)Cc2ccccc2C(=O)O)c1. The average Bonchev–Trinajstić information content (AvgIpc) is 3.25. The number of aliphatic hydroxyl groups is 2. The molecule has 1 saturated heterocycles. The molecule has 0 amide bonds. The molecule has 0 aromatic heterocycles. The largest absolute Gasteiger partial charge is 0.478 e. The molecule has 0 saturated carbocycles. The Morgan fingerprint density at radius 1 is 1.05 bits per heavy atom. The maximum atomic E-state index is 11.8. The number of hydrogen-bond donors (Lipinski definition) is 4. The molecule has 0 aliphatic carbocycles. The molecule has 0 bridgehead atoms. The second-order valence-corrected chi connectivity index (χ2v) is 10.1. The number of nitrogens with zero attached hydrogens (tertiary/aromatic N) is 3. The predicted molar refractivity (Wildman–Crippen MR) is 147 cm³/mol. The molecule has 3 rings (SSSR count). The summed E-state index contributed by atoms with van der Waals surface area (Å²) < 4.78 is 0. The van der Waals surface area contributed by atoms with Gasteiger partial charge in [-0.1, -0.05) is 55.5 Å². The number of benzene rings is 2. The van der Waals surface area contributed by atoms with Crippen LogP contribution in [0.5, 0.6) is 0 Å². The highest BCUT2D eigenvalue weighted by atomic mass is 16.7. The third-order valence-electron chi connectivity index (χ3n) is 6.88. The van der Waals surface area contributed by atoms with Gasteiger partial charge in [0.1, 0.15) is 6.10 Å². The normalized spacial score (nSPS) is 20.5. The second-order valence-electron chi connectivity index (χ2n) is 10.1. The average molecular weight is 527 g/mol. The molecule has 9 nitrogen and oxygen atoms in total. The van der Waals surface area contributed by atoms with Crippen molar-refractivity contribution in [2.24, 2.45) is 11.7 Å². The minimum Gasteiger partial charge on any atom is -0.478 e. The summed E-state index contributed by atoms with van der Waals surface area (Å²) in [4.78, 5) is 22.1. The Kier molecular flexibility index (Phi) is 11.3. The fraction of sp³-hybridized carbons (Fsp3) is 0.483. The van der Waals surface area contributed by atoms with Gasteiger partial charge >= 0.3 is 5.97 Å². The zero-order chi connectivity index (χ0) is 27.7. The summed E-state index contributed by atoms with van der Waals surface area (Å²) in [5.41, 5.74) is 10.2. The van der Waals surface area contributed by atoms with Crippen molar-refractivity contribution in [1.29, 1.82) is 0 Å². The molecule has 3 unspecified atom stereocenters. The van der Waals surface area contributed by atoms with Gasteiger partial charge in [0.15, 0.2) is 0 Å². The maximum Gasteiger partial charge on any atom is 0.336 e. The van der Waals surface area contributed by atoms with E-state index in [-0.39, 0.29) is 25.2 Å². The number of nitrogens with two attached hydrogens (primary N) is 1. The van der Waals surface area contributed by atoms with E-state index in [0.29, 0.717) is 30.9 Å². The number of rotatable bonds is 14. The van der Waals surface area contributed by atoms with E-state index >= 15 is 0 Å². The Labute approximate surface area is 225 Å². The first-order valence-corrected chi connectivity index (χ1v) is 13.1. The van der Waals surface area contributed by atoms with Crippen molar-refractivity contribution in [3.05, 3.63) is 82.6 Å². The Balaban J connectivity index is 1.80. The van der Waals surface area contributed by atoms with Gasteiger partial charge in [0.25, 0.3) is 0 Å². The van der Waals surface area contributed by atoms with Gasteiger partial charge in [-0.05, 0) is 43.3 Å². The van der Waals surface area contributed by atoms with Gasteiger partial charge in [0.05, 0.1) is 24.8 Å². The Hall–Kier alpha value is -2.79. The van der Waals surface area contributed by atoms with E-state index in [2.05, 4.69) is 21.9 Å². The minimum atomic E-state index is -0.922. The van der Waals surface area contributed by atoms with Crippen LogP contribution in [0.15, 0.2) is 60.3 Å². The number of carboxylic acids is 1. The van der Waals surface area contributed by atoms with Crippen LogP contribution in [0.1, 0.15) is 40.4 Å². The molecule has 38 heavy (non-hydrogen) atoms. The molecular weight excluding hydrogens is 484 g/mol. The molecule has 5 N–H and O–H groups in total. The number of hydrogen-bond acceptors (Lipinski definition) is 8. The molecule has 2 aromatic rings. The Morgan fingerprint density at radius 3 is 2.45 bits per heavy atom. The van der Waals surface area contributed by atoms with Crippen molar-refractivity contribution in [1.82, 2.24) is 14.9 Å². The van der Waals surface area contributed by atoms with Crippen LogP contribution in [0.3, 0.4) is 0 Å². The smallest absolute Gasteiger partial charge is 0.336 e. The Bertz CT molecular complexity index is 1080. The van der Waals surface area contributed by atoms with Gasteiger partial charge in [-0.25, -0.2) is 4.79 Å². The van der Waals surface area contributed by atoms with Crippen LogP contribution in [0, 0.1) is 5.92 Å². The van der Waals surface area contributed by atoms with Gasteiger partial charge in [-0.3, -0.25) is 9.74 Å². The van der Waals surface area contributed by atoms with Gasteiger partial charge in [0.2, 0.25) is 0 Å². The monoisotopic (exact) mass is 526 g/mol. The van der Waals surface area contributed by atoms with E-state index in [9.17, 15) is 20.1 Å². The van der Waals surface area contributed by atoms with Crippen LogP contribution in [-0.4, -0.2) is 88.7 Å². The van der Waals surface area contributed by atoms with Gasteiger partial charge in [0, 0.05) is 44.3 Å². The van der Waals surface area contributed by atoms with Gasteiger partial charge < -0.3 is 26.0 Å². The fourth-order valence-corrected chi connectivity index (χ4v) is 4.95. The highest BCUT2D eigenvalue weighted by Crippen LogP contribution is 2.32. The first kappa shape index (κ1) is 29.8. The number of carbonyl (C=O) groups is 1. The van der Waals surface area contributed by atoms with E-state index in [1.807, 2.05) is 51.4 Å². The van der Waals surface area contributed by atoms with Crippen molar-refractivity contribution in [3.8, 4) is 0 Å². The van der Waals surface area contributed by atoms with Crippen LogP contribution in [0.25, 0.3) is 0 Å². The van der Waals surface area contributed by atoms with Crippen molar-refractivity contribution in [3.63, 3.8) is 0 Å². The Morgan fingerprint density at radius 2 is 1.79 bits per heavy atom. The summed E-state index contributed by atoms with van der Waals surface area (Å²) in [6.07, 6.45) is 2.17. The van der Waals surface area contributed by atoms with Crippen molar-refractivity contribution in [2.45, 2.75) is 45.1 Å². The molecule has 0 spiro atoms. The van der Waals surface area contributed by atoms with Crippen LogP contribution < -0.4 is 5.73 Å². The number of likely N-dealkylation sites (N-methyl/N-ethyl adjacent to an activating group) is 1. The number of aliphatic hydroxyl groups excluding tert-OH is 2. The molecule has 208 valence electrons.